The van der Waals surface area contributed by atoms with Gasteiger partial charge in [-0.05, 0) is 74.2 Å². The van der Waals surface area contributed by atoms with Crippen LogP contribution in [0, 0.1) is 13.8 Å². The fourth-order valence-corrected chi connectivity index (χ4v) is 7.25. The van der Waals surface area contributed by atoms with Gasteiger partial charge in [0.2, 0.25) is 0 Å². The first-order valence-electron chi connectivity index (χ1n) is 14.5. The van der Waals surface area contributed by atoms with E-state index in [0.717, 1.165) is 34.3 Å². The zero-order chi connectivity index (χ0) is 28.5. The van der Waals surface area contributed by atoms with Crippen LogP contribution < -0.4 is 0 Å². The fourth-order valence-electron chi connectivity index (χ4n) is 6.68. The number of aromatic nitrogens is 4. The second-order valence-electron chi connectivity index (χ2n) is 11.2. The van der Waals surface area contributed by atoms with E-state index in [0.29, 0.717) is 0 Å². The Morgan fingerprint density at radius 2 is 1.10 bits per heavy atom. The maximum absolute atomic E-state index is 4.82. The Kier molecular flexibility index (Phi) is 5.60. The number of nitrogens with zero attached hydrogens (tertiary/aromatic N) is 4. The number of fused-ring (bicyclic) bond motifs is 7. The summed E-state index contributed by atoms with van der Waals surface area (Å²) in [5, 5.41) is 5.12. The van der Waals surface area contributed by atoms with Crippen LogP contribution in [-0.2, 0) is 6.54 Å². The average molecular weight is 563 g/mol. The summed E-state index contributed by atoms with van der Waals surface area (Å²) >= 11 is 1.29. The van der Waals surface area contributed by atoms with Crippen molar-refractivity contribution >= 4 is 72.6 Å². The lowest BCUT2D eigenvalue weighted by Crippen LogP contribution is -1.93. The summed E-state index contributed by atoms with van der Waals surface area (Å²) < 4.78 is 14.4. The summed E-state index contributed by atoms with van der Waals surface area (Å²) in [6, 6.07) is 31.5. The summed E-state index contributed by atoms with van der Waals surface area (Å²) in [5.41, 5.74) is 14.0. The van der Waals surface area contributed by atoms with E-state index in [2.05, 4.69) is 134 Å². The maximum Gasteiger partial charge on any atom is 0.113 e. The molecule has 0 atom stereocenters. The Labute approximate surface area is 248 Å². The van der Waals surface area contributed by atoms with Gasteiger partial charge in [-0.1, -0.05) is 66.7 Å². The molecular weight excluding hydrogens is 533 g/mol. The second-order valence-corrected chi connectivity index (χ2v) is 11.8. The quantitative estimate of drug-likeness (QED) is 0.214. The molecule has 4 nitrogen and oxygen atoms in total. The van der Waals surface area contributed by atoms with E-state index in [1.165, 1.54) is 72.0 Å². The maximum atomic E-state index is 4.82. The predicted octanol–water partition coefficient (Wildman–Crippen LogP) is 10.4. The Morgan fingerprint density at radius 1 is 0.619 bits per heavy atom. The van der Waals surface area contributed by atoms with Gasteiger partial charge in [0.25, 0.3) is 0 Å². The van der Waals surface area contributed by atoms with E-state index in [4.69, 9.17) is 8.75 Å². The highest BCUT2D eigenvalue weighted by Gasteiger charge is 2.17. The van der Waals surface area contributed by atoms with Crippen molar-refractivity contribution in [1.29, 1.82) is 0 Å². The third-order valence-electron chi connectivity index (χ3n) is 8.63. The number of benzene rings is 5. The average Bonchev–Trinajstić information content (AvgIpc) is 3.69. The van der Waals surface area contributed by atoms with Gasteiger partial charge in [0, 0.05) is 56.4 Å². The standard InChI is InChI=1S/C37H30N4S/c1-5-17-41-33-19-23(4)8-12-29(33)31-14-10-25(21-35(31)41)27-16-15-26(36-37(27)39-42-38-36)24-9-13-30-28-11-7-22(3)18-32(28)40(6-2)34(30)20-24/h5,7-21H,6H2,1-4H3. The number of allylic oxidation sites excluding steroid dienone is 1. The van der Waals surface area contributed by atoms with Gasteiger partial charge in [-0.25, -0.2) is 0 Å². The van der Waals surface area contributed by atoms with Crippen LogP contribution in [0.3, 0.4) is 0 Å². The van der Waals surface area contributed by atoms with Gasteiger partial charge in [0.15, 0.2) is 0 Å². The van der Waals surface area contributed by atoms with Gasteiger partial charge in [-0.15, -0.1) is 0 Å². The molecule has 8 aromatic rings. The van der Waals surface area contributed by atoms with Crippen molar-refractivity contribution in [3.8, 4) is 22.3 Å². The minimum absolute atomic E-state index is 0.922. The molecule has 3 heterocycles. The third-order valence-corrected chi connectivity index (χ3v) is 9.16. The molecule has 0 aliphatic carbocycles. The first-order chi connectivity index (χ1) is 20.6. The normalized spacial score (nSPS) is 12.3. The minimum atomic E-state index is 0.922. The van der Waals surface area contributed by atoms with Crippen LogP contribution in [0.2, 0.25) is 0 Å². The molecule has 0 spiro atoms. The Balaban J connectivity index is 1.31. The molecular formula is C37H30N4S. The van der Waals surface area contributed by atoms with Crippen LogP contribution in [0.4, 0.5) is 0 Å². The molecule has 0 N–H and O–H groups in total. The molecule has 0 amide bonds. The monoisotopic (exact) mass is 562 g/mol. The molecule has 0 bridgehead atoms. The summed E-state index contributed by atoms with van der Waals surface area (Å²) in [5.74, 6) is 0. The first-order valence-corrected chi connectivity index (χ1v) is 15.2. The van der Waals surface area contributed by atoms with E-state index in [1.54, 1.807) is 0 Å². The SMILES string of the molecule is CC=Cn1c2cc(C)ccc2c2ccc(-c3ccc(-c4ccc5c6ccc(C)cc6n(CC)c5c4)c4nsnc34)cc21. The fraction of sp³-hybridized carbons (Fsp3) is 0.135. The minimum Gasteiger partial charge on any atom is -0.341 e. The third kappa shape index (κ3) is 3.60. The van der Waals surface area contributed by atoms with Crippen LogP contribution in [-0.4, -0.2) is 17.9 Å². The predicted molar refractivity (Wildman–Crippen MR) is 180 cm³/mol. The van der Waals surface area contributed by atoms with Gasteiger partial charge in [-0.3, -0.25) is 0 Å². The smallest absolute Gasteiger partial charge is 0.113 e. The molecule has 204 valence electrons. The number of rotatable bonds is 4. The lowest BCUT2D eigenvalue weighted by atomic mass is 9.96. The van der Waals surface area contributed by atoms with Crippen LogP contribution in [0.5, 0.6) is 0 Å². The Hall–Kier alpha value is -4.74. The van der Waals surface area contributed by atoms with Crippen molar-refractivity contribution in [1.82, 2.24) is 17.9 Å². The topological polar surface area (TPSA) is 35.6 Å². The van der Waals surface area contributed by atoms with Gasteiger partial charge in [0.1, 0.15) is 11.0 Å². The lowest BCUT2D eigenvalue weighted by Gasteiger charge is -2.09. The molecule has 5 aromatic carbocycles. The van der Waals surface area contributed by atoms with E-state index in [-0.39, 0.29) is 0 Å². The first kappa shape index (κ1) is 25.0. The van der Waals surface area contributed by atoms with E-state index >= 15 is 0 Å². The van der Waals surface area contributed by atoms with Crippen molar-refractivity contribution in [2.75, 3.05) is 0 Å². The zero-order valence-electron chi connectivity index (χ0n) is 24.1. The molecule has 0 unspecified atom stereocenters. The zero-order valence-corrected chi connectivity index (χ0v) is 25.0. The molecule has 0 aliphatic rings. The van der Waals surface area contributed by atoms with Crippen LogP contribution in [0.1, 0.15) is 25.0 Å². The summed E-state index contributed by atoms with van der Waals surface area (Å²) in [6.45, 7) is 9.52. The van der Waals surface area contributed by atoms with Crippen molar-refractivity contribution in [3.05, 3.63) is 102 Å². The molecule has 0 aliphatic heterocycles. The van der Waals surface area contributed by atoms with Crippen molar-refractivity contribution in [3.63, 3.8) is 0 Å². The summed E-state index contributed by atoms with van der Waals surface area (Å²) in [4.78, 5) is 0. The molecule has 0 saturated heterocycles. The van der Waals surface area contributed by atoms with Crippen LogP contribution >= 0.6 is 11.7 Å². The van der Waals surface area contributed by atoms with Gasteiger partial charge >= 0.3 is 0 Å². The highest BCUT2D eigenvalue weighted by atomic mass is 32.1. The number of hydrogen-bond donors (Lipinski definition) is 0. The molecule has 0 saturated carbocycles. The molecule has 3 aromatic heterocycles. The van der Waals surface area contributed by atoms with Crippen molar-refractivity contribution in [2.45, 2.75) is 34.2 Å². The van der Waals surface area contributed by atoms with Gasteiger partial charge < -0.3 is 9.13 Å². The number of hydrogen-bond acceptors (Lipinski definition) is 3. The molecule has 8 rings (SSSR count). The highest BCUT2D eigenvalue weighted by molar-refractivity contribution is 7.00. The lowest BCUT2D eigenvalue weighted by molar-refractivity contribution is 0.827. The molecule has 0 fully saturated rings. The number of aryl methyl sites for hydroxylation is 3. The molecule has 0 radical (unpaired) electrons. The summed E-state index contributed by atoms with van der Waals surface area (Å²) in [7, 11) is 0. The molecule has 5 heteroatoms. The molecule has 42 heavy (non-hydrogen) atoms. The van der Waals surface area contributed by atoms with E-state index in [1.807, 2.05) is 0 Å². The van der Waals surface area contributed by atoms with Gasteiger partial charge in [-0.2, -0.15) is 8.75 Å². The largest absolute Gasteiger partial charge is 0.341 e. The summed E-state index contributed by atoms with van der Waals surface area (Å²) in [6.07, 6.45) is 4.26. The highest BCUT2D eigenvalue weighted by Crippen LogP contribution is 2.39. The Bertz CT molecular complexity index is 2380. The second kappa shape index (κ2) is 9.40. The van der Waals surface area contributed by atoms with E-state index < -0.39 is 0 Å². The van der Waals surface area contributed by atoms with Crippen LogP contribution in [0.25, 0.3) is 83.1 Å². The van der Waals surface area contributed by atoms with Gasteiger partial charge in [0.05, 0.1) is 22.8 Å². The Morgan fingerprint density at radius 3 is 1.67 bits per heavy atom. The van der Waals surface area contributed by atoms with E-state index in [9.17, 15) is 0 Å². The van der Waals surface area contributed by atoms with Crippen molar-refractivity contribution in [2.24, 2.45) is 0 Å². The van der Waals surface area contributed by atoms with Crippen molar-refractivity contribution < 1.29 is 0 Å². The van der Waals surface area contributed by atoms with Crippen LogP contribution in [0.15, 0.2) is 91.0 Å².